The summed E-state index contributed by atoms with van der Waals surface area (Å²) in [5.74, 6) is 0.384. The van der Waals surface area contributed by atoms with E-state index in [9.17, 15) is 8.42 Å². The summed E-state index contributed by atoms with van der Waals surface area (Å²) in [5, 5.41) is 8.62. The third-order valence-corrected chi connectivity index (χ3v) is 6.67. The number of benzene rings is 1. The molecule has 4 rings (SSSR count). The van der Waals surface area contributed by atoms with E-state index in [1.54, 1.807) is 17.1 Å². The minimum absolute atomic E-state index is 0.162. The van der Waals surface area contributed by atoms with Crippen LogP contribution in [0.5, 0.6) is 0 Å². The van der Waals surface area contributed by atoms with Crippen molar-refractivity contribution < 1.29 is 8.42 Å². The predicted molar refractivity (Wildman–Crippen MR) is 103 cm³/mol. The van der Waals surface area contributed by atoms with Gasteiger partial charge in [-0.1, -0.05) is 19.1 Å². The number of nitrogens with one attached hydrogen (secondary N) is 1. The molecule has 0 spiro atoms. The molecule has 0 radical (unpaired) electrons. The maximum absolute atomic E-state index is 12.2. The van der Waals surface area contributed by atoms with E-state index in [1.165, 1.54) is 4.31 Å². The molecule has 0 saturated carbocycles. The van der Waals surface area contributed by atoms with Gasteiger partial charge in [-0.25, -0.2) is 13.4 Å². The average Bonchev–Trinajstić information content (AvgIpc) is 3.12. The molecule has 1 N–H and O–H groups in total. The molecular formula is C18H21N5O2S. The molecule has 1 fully saturated rings. The first-order valence-corrected chi connectivity index (χ1v) is 10.1. The van der Waals surface area contributed by atoms with Crippen molar-refractivity contribution in [3.8, 4) is 0 Å². The SMILES string of the molecule is CC1CN(c2ccc(CNc3ccnc4c3cnn4C)cc2)S(=O)(=O)C1. The van der Waals surface area contributed by atoms with E-state index in [-0.39, 0.29) is 11.7 Å². The summed E-state index contributed by atoms with van der Waals surface area (Å²) in [5.41, 5.74) is 3.62. The van der Waals surface area contributed by atoms with E-state index in [4.69, 9.17) is 0 Å². The number of fused-ring (bicyclic) bond motifs is 1. The van der Waals surface area contributed by atoms with Crippen molar-refractivity contribution in [1.82, 2.24) is 14.8 Å². The van der Waals surface area contributed by atoms with E-state index in [0.717, 1.165) is 28.0 Å². The topological polar surface area (TPSA) is 80.1 Å². The van der Waals surface area contributed by atoms with Gasteiger partial charge in [0.05, 0.1) is 23.0 Å². The highest BCUT2D eigenvalue weighted by Gasteiger charge is 2.33. The molecule has 3 aromatic rings. The first-order chi connectivity index (χ1) is 12.4. The van der Waals surface area contributed by atoms with Gasteiger partial charge < -0.3 is 5.32 Å². The standard InChI is InChI=1S/C18H21N5O2S/c1-13-11-23(26(24,25)12-13)15-5-3-14(4-6-15)9-20-17-7-8-19-18-16(17)10-21-22(18)2/h3-8,10,13H,9,11-12H2,1-2H3,(H,19,20). The average molecular weight is 371 g/mol. The molecule has 1 unspecified atom stereocenters. The molecule has 0 aliphatic carbocycles. The van der Waals surface area contributed by atoms with Crippen LogP contribution in [0.15, 0.2) is 42.7 Å². The summed E-state index contributed by atoms with van der Waals surface area (Å²) in [7, 11) is -1.31. The van der Waals surface area contributed by atoms with Crippen LogP contribution in [0.3, 0.4) is 0 Å². The number of aryl methyl sites for hydroxylation is 1. The lowest BCUT2D eigenvalue weighted by Crippen LogP contribution is -2.25. The van der Waals surface area contributed by atoms with Crippen molar-refractivity contribution >= 4 is 32.4 Å². The molecular weight excluding hydrogens is 350 g/mol. The smallest absolute Gasteiger partial charge is 0.235 e. The van der Waals surface area contributed by atoms with Crippen LogP contribution in [0, 0.1) is 5.92 Å². The molecule has 3 heterocycles. The summed E-state index contributed by atoms with van der Waals surface area (Å²) in [6.07, 6.45) is 3.56. The van der Waals surface area contributed by atoms with Gasteiger partial charge in [-0.2, -0.15) is 5.10 Å². The molecule has 8 heteroatoms. The Kier molecular flexibility index (Phi) is 4.07. The summed E-state index contributed by atoms with van der Waals surface area (Å²) >= 11 is 0. The fourth-order valence-corrected chi connectivity index (χ4v) is 5.27. The fourth-order valence-electron chi connectivity index (χ4n) is 3.34. The number of anilines is 2. The van der Waals surface area contributed by atoms with Crippen LogP contribution in [0.4, 0.5) is 11.4 Å². The van der Waals surface area contributed by atoms with Crippen LogP contribution in [0.2, 0.25) is 0 Å². The van der Waals surface area contributed by atoms with Crippen molar-refractivity contribution in [2.75, 3.05) is 21.9 Å². The van der Waals surface area contributed by atoms with Gasteiger partial charge in [0.15, 0.2) is 5.65 Å². The van der Waals surface area contributed by atoms with Crippen molar-refractivity contribution in [3.63, 3.8) is 0 Å². The third kappa shape index (κ3) is 3.01. The predicted octanol–water partition coefficient (Wildman–Crippen LogP) is 2.37. The highest BCUT2D eigenvalue weighted by Crippen LogP contribution is 2.27. The summed E-state index contributed by atoms with van der Waals surface area (Å²) in [6.45, 7) is 3.15. The monoisotopic (exact) mass is 371 g/mol. The fraction of sp³-hybridized carbons (Fsp3) is 0.333. The van der Waals surface area contributed by atoms with Gasteiger partial charge in [0.2, 0.25) is 10.0 Å². The molecule has 0 amide bonds. The van der Waals surface area contributed by atoms with E-state index < -0.39 is 10.0 Å². The number of pyridine rings is 1. The quantitative estimate of drug-likeness (QED) is 0.762. The molecule has 26 heavy (non-hydrogen) atoms. The molecule has 1 saturated heterocycles. The summed E-state index contributed by atoms with van der Waals surface area (Å²) in [6, 6.07) is 9.60. The van der Waals surface area contributed by atoms with E-state index in [0.29, 0.717) is 13.1 Å². The highest BCUT2D eigenvalue weighted by molar-refractivity contribution is 7.93. The molecule has 1 atom stereocenters. The summed E-state index contributed by atoms with van der Waals surface area (Å²) < 4.78 is 27.6. The minimum Gasteiger partial charge on any atom is -0.380 e. The van der Waals surface area contributed by atoms with E-state index in [2.05, 4.69) is 15.4 Å². The Morgan fingerprint density at radius 2 is 2.00 bits per heavy atom. The Morgan fingerprint density at radius 1 is 1.23 bits per heavy atom. The maximum atomic E-state index is 12.2. The van der Waals surface area contributed by atoms with E-state index >= 15 is 0 Å². The molecule has 1 aliphatic heterocycles. The zero-order valence-electron chi connectivity index (χ0n) is 14.8. The van der Waals surface area contributed by atoms with Gasteiger partial charge >= 0.3 is 0 Å². The first kappa shape index (κ1) is 16.8. The zero-order chi connectivity index (χ0) is 18.3. The highest BCUT2D eigenvalue weighted by atomic mass is 32.2. The van der Waals surface area contributed by atoms with Gasteiger partial charge in [0.25, 0.3) is 0 Å². The number of hydrogen-bond donors (Lipinski definition) is 1. The lowest BCUT2D eigenvalue weighted by Gasteiger charge is -2.17. The number of hydrogen-bond acceptors (Lipinski definition) is 5. The van der Waals surface area contributed by atoms with Crippen molar-refractivity contribution in [3.05, 3.63) is 48.3 Å². The number of rotatable bonds is 4. The number of nitrogens with zero attached hydrogens (tertiary/aromatic N) is 4. The van der Waals surface area contributed by atoms with E-state index in [1.807, 2.05) is 44.3 Å². The van der Waals surface area contributed by atoms with Crippen LogP contribution in [-0.4, -0.2) is 35.5 Å². The second-order valence-electron chi connectivity index (χ2n) is 6.80. The van der Waals surface area contributed by atoms with Crippen LogP contribution >= 0.6 is 0 Å². The Balaban J connectivity index is 1.50. The third-order valence-electron chi connectivity index (χ3n) is 4.65. The molecule has 2 aromatic heterocycles. The van der Waals surface area contributed by atoms with Crippen LogP contribution in [0.25, 0.3) is 11.0 Å². The molecule has 136 valence electrons. The maximum Gasteiger partial charge on any atom is 0.235 e. The van der Waals surface area contributed by atoms with Gasteiger partial charge in [-0.15, -0.1) is 0 Å². The lowest BCUT2D eigenvalue weighted by atomic mass is 10.1. The van der Waals surface area contributed by atoms with Gasteiger partial charge in [-0.3, -0.25) is 8.99 Å². The van der Waals surface area contributed by atoms with Crippen LogP contribution in [-0.2, 0) is 23.6 Å². The van der Waals surface area contributed by atoms with Crippen molar-refractivity contribution in [1.29, 1.82) is 0 Å². The van der Waals surface area contributed by atoms with Crippen molar-refractivity contribution in [2.24, 2.45) is 13.0 Å². The summed E-state index contributed by atoms with van der Waals surface area (Å²) in [4.78, 5) is 4.33. The lowest BCUT2D eigenvalue weighted by molar-refractivity contribution is 0.598. The number of sulfonamides is 1. The van der Waals surface area contributed by atoms with Gasteiger partial charge in [0.1, 0.15) is 0 Å². The first-order valence-electron chi connectivity index (χ1n) is 8.54. The zero-order valence-corrected chi connectivity index (χ0v) is 15.6. The Labute approximate surface area is 152 Å². The molecule has 1 aromatic carbocycles. The van der Waals surface area contributed by atoms with Crippen LogP contribution in [0.1, 0.15) is 12.5 Å². The van der Waals surface area contributed by atoms with Crippen molar-refractivity contribution in [2.45, 2.75) is 13.5 Å². The number of aromatic nitrogens is 3. The largest absolute Gasteiger partial charge is 0.380 e. The Hall–Kier alpha value is -2.61. The molecule has 1 aliphatic rings. The Morgan fingerprint density at radius 3 is 2.69 bits per heavy atom. The Bertz CT molecular complexity index is 1040. The molecule has 7 nitrogen and oxygen atoms in total. The second kappa shape index (κ2) is 6.28. The second-order valence-corrected chi connectivity index (χ2v) is 8.74. The normalized spacial score (nSPS) is 19.2. The van der Waals surface area contributed by atoms with Gasteiger partial charge in [-0.05, 0) is 29.7 Å². The molecule has 0 bridgehead atoms. The van der Waals surface area contributed by atoms with Crippen LogP contribution < -0.4 is 9.62 Å². The minimum atomic E-state index is -3.18. The van der Waals surface area contributed by atoms with Gasteiger partial charge in [0, 0.05) is 32.0 Å².